The van der Waals surface area contributed by atoms with Crippen LogP contribution in [0.1, 0.15) is 30.1 Å². The molecule has 2 rings (SSSR count). The van der Waals surface area contributed by atoms with E-state index in [1.54, 1.807) is 23.1 Å². The van der Waals surface area contributed by atoms with Gasteiger partial charge in [0, 0.05) is 24.7 Å². The lowest BCUT2D eigenvalue weighted by Gasteiger charge is -2.32. The van der Waals surface area contributed by atoms with E-state index >= 15 is 0 Å². The van der Waals surface area contributed by atoms with E-state index in [-0.39, 0.29) is 17.7 Å². The van der Waals surface area contributed by atoms with Gasteiger partial charge in [-0.05, 0) is 38.0 Å². The normalized spacial score (nSPS) is 18.0. The predicted octanol–water partition coefficient (Wildman–Crippen LogP) is 2.34. The van der Waals surface area contributed by atoms with Crippen molar-refractivity contribution < 1.29 is 14.3 Å². The molecular formula is C16H21ClN2O3. The number of piperidine rings is 1. The molecule has 0 saturated carbocycles. The molecule has 1 aliphatic rings. The Morgan fingerprint density at radius 1 is 1.45 bits per heavy atom. The fourth-order valence-electron chi connectivity index (χ4n) is 2.71. The van der Waals surface area contributed by atoms with Crippen LogP contribution in [0.25, 0.3) is 0 Å². The van der Waals surface area contributed by atoms with Gasteiger partial charge in [-0.3, -0.25) is 9.59 Å². The molecule has 1 aromatic rings. The third-order valence-corrected chi connectivity index (χ3v) is 4.06. The fourth-order valence-corrected chi connectivity index (χ4v) is 2.88. The molecule has 22 heavy (non-hydrogen) atoms. The number of nitrogens with zero attached hydrogens (tertiary/aromatic N) is 1. The molecule has 0 aromatic heterocycles. The second-order valence-electron chi connectivity index (χ2n) is 5.33. The average molecular weight is 325 g/mol. The molecule has 1 saturated heterocycles. The van der Waals surface area contributed by atoms with Crippen LogP contribution in [0.4, 0.5) is 0 Å². The van der Waals surface area contributed by atoms with Crippen molar-refractivity contribution in [3.8, 4) is 5.75 Å². The van der Waals surface area contributed by atoms with Gasteiger partial charge in [-0.2, -0.15) is 0 Å². The number of hydrogen-bond donors (Lipinski definition) is 1. The van der Waals surface area contributed by atoms with Crippen LogP contribution in [0.5, 0.6) is 5.75 Å². The SMILES string of the molecule is CCNC(=O)C1CCCN(C(=O)c2cc(Cl)ccc2OC)C1. The topological polar surface area (TPSA) is 58.6 Å². The van der Waals surface area contributed by atoms with Crippen molar-refractivity contribution in [3.05, 3.63) is 28.8 Å². The van der Waals surface area contributed by atoms with Crippen LogP contribution in [0.15, 0.2) is 18.2 Å². The number of carbonyl (C=O) groups is 2. The highest BCUT2D eigenvalue weighted by Gasteiger charge is 2.29. The summed E-state index contributed by atoms with van der Waals surface area (Å²) in [7, 11) is 1.52. The number of rotatable bonds is 4. The van der Waals surface area contributed by atoms with Crippen LogP contribution in [0.2, 0.25) is 5.02 Å². The number of halogens is 1. The minimum atomic E-state index is -0.150. The summed E-state index contributed by atoms with van der Waals surface area (Å²) in [6.45, 7) is 3.57. The lowest BCUT2D eigenvalue weighted by molar-refractivity contribution is -0.126. The maximum atomic E-state index is 12.7. The quantitative estimate of drug-likeness (QED) is 0.924. The highest BCUT2D eigenvalue weighted by Crippen LogP contribution is 2.26. The van der Waals surface area contributed by atoms with Crippen LogP contribution >= 0.6 is 11.6 Å². The smallest absolute Gasteiger partial charge is 0.257 e. The van der Waals surface area contributed by atoms with Crippen molar-refractivity contribution in [3.63, 3.8) is 0 Å². The summed E-state index contributed by atoms with van der Waals surface area (Å²) < 4.78 is 5.24. The van der Waals surface area contributed by atoms with Crippen LogP contribution in [0, 0.1) is 5.92 Å². The summed E-state index contributed by atoms with van der Waals surface area (Å²) in [6.07, 6.45) is 1.62. The van der Waals surface area contributed by atoms with E-state index < -0.39 is 0 Å². The molecule has 1 aromatic carbocycles. The van der Waals surface area contributed by atoms with Crippen molar-refractivity contribution in [2.75, 3.05) is 26.7 Å². The fraction of sp³-hybridized carbons (Fsp3) is 0.500. The summed E-state index contributed by atoms with van der Waals surface area (Å²) in [5, 5.41) is 3.31. The second-order valence-corrected chi connectivity index (χ2v) is 5.77. The van der Waals surface area contributed by atoms with Gasteiger partial charge in [0.25, 0.3) is 5.91 Å². The van der Waals surface area contributed by atoms with Crippen LogP contribution < -0.4 is 10.1 Å². The number of methoxy groups -OCH3 is 1. The minimum Gasteiger partial charge on any atom is -0.496 e. The molecule has 120 valence electrons. The zero-order valence-corrected chi connectivity index (χ0v) is 13.7. The van der Waals surface area contributed by atoms with Crippen LogP contribution in [-0.4, -0.2) is 43.5 Å². The standard InChI is InChI=1S/C16H21ClN2O3/c1-3-18-15(20)11-5-4-8-19(10-11)16(21)13-9-12(17)6-7-14(13)22-2/h6-7,9,11H,3-5,8,10H2,1-2H3,(H,18,20). The minimum absolute atomic E-state index is 0.0121. The van der Waals surface area contributed by atoms with Gasteiger partial charge in [-0.15, -0.1) is 0 Å². The first-order chi connectivity index (χ1) is 10.6. The lowest BCUT2D eigenvalue weighted by atomic mass is 9.96. The summed E-state index contributed by atoms with van der Waals surface area (Å²) in [5.74, 6) is 0.212. The first-order valence-electron chi connectivity index (χ1n) is 7.47. The van der Waals surface area contributed by atoms with Crippen molar-refractivity contribution >= 4 is 23.4 Å². The Balaban J connectivity index is 2.15. The molecular weight excluding hydrogens is 304 g/mol. The molecule has 0 bridgehead atoms. The van der Waals surface area contributed by atoms with Gasteiger partial charge < -0.3 is 15.0 Å². The Labute approximate surface area is 135 Å². The van der Waals surface area contributed by atoms with Crippen LogP contribution in [-0.2, 0) is 4.79 Å². The summed E-state index contributed by atoms with van der Waals surface area (Å²) in [5.41, 5.74) is 0.437. The van der Waals surface area contributed by atoms with Gasteiger partial charge in [-0.25, -0.2) is 0 Å². The van der Waals surface area contributed by atoms with E-state index in [1.807, 2.05) is 6.92 Å². The molecule has 0 spiro atoms. The summed E-state index contributed by atoms with van der Waals surface area (Å²) in [6, 6.07) is 4.98. The number of carbonyl (C=O) groups excluding carboxylic acids is 2. The van der Waals surface area contributed by atoms with Gasteiger partial charge in [-0.1, -0.05) is 11.6 Å². The second kappa shape index (κ2) is 7.49. The van der Waals surface area contributed by atoms with E-state index in [2.05, 4.69) is 5.32 Å². The van der Waals surface area contributed by atoms with Gasteiger partial charge in [0.1, 0.15) is 5.75 Å². The Hall–Kier alpha value is -1.75. The Morgan fingerprint density at radius 3 is 2.91 bits per heavy atom. The first-order valence-corrected chi connectivity index (χ1v) is 7.85. The molecule has 1 aliphatic heterocycles. The molecule has 1 fully saturated rings. The molecule has 0 radical (unpaired) electrons. The van der Waals surface area contributed by atoms with Crippen molar-refractivity contribution in [1.82, 2.24) is 10.2 Å². The zero-order valence-electron chi connectivity index (χ0n) is 12.9. The molecule has 6 heteroatoms. The maximum absolute atomic E-state index is 12.7. The Morgan fingerprint density at radius 2 is 2.23 bits per heavy atom. The van der Waals surface area contributed by atoms with Crippen molar-refractivity contribution in [2.45, 2.75) is 19.8 Å². The summed E-state index contributed by atoms with van der Waals surface area (Å²) >= 11 is 5.99. The monoisotopic (exact) mass is 324 g/mol. The molecule has 1 heterocycles. The van der Waals surface area contributed by atoms with E-state index in [1.165, 1.54) is 7.11 Å². The Kier molecular flexibility index (Phi) is 5.66. The highest BCUT2D eigenvalue weighted by atomic mass is 35.5. The molecule has 1 unspecified atom stereocenters. The van der Waals surface area contributed by atoms with Gasteiger partial charge >= 0.3 is 0 Å². The van der Waals surface area contributed by atoms with E-state index in [0.717, 1.165) is 12.8 Å². The number of ether oxygens (including phenoxy) is 1. The number of amides is 2. The maximum Gasteiger partial charge on any atom is 0.257 e. The van der Waals surface area contributed by atoms with Crippen LogP contribution in [0.3, 0.4) is 0 Å². The molecule has 0 aliphatic carbocycles. The third kappa shape index (κ3) is 3.71. The molecule has 2 amide bonds. The van der Waals surface area contributed by atoms with Crippen molar-refractivity contribution in [1.29, 1.82) is 0 Å². The largest absolute Gasteiger partial charge is 0.496 e. The highest BCUT2D eigenvalue weighted by molar-refractivity contribution is 6.31. The number of benzene rings is 1. The van der Waals surface area contributed by atoms with Gasteiger partial charge in [0.15, 0.2) is 0 Å². The van der Waals surface area contributed by atoms with Gasteiger partial charge in [0.2, 0.25) is 5.91 Å². The number of nitrogens with one attached hydrogen (secondary N) is 1. The number of likely N-dealkylation sites (tertiary alicyclic amines) is 1. The molecule has 5 nitrogen and oxygen atoms in total. The van der Waals surface area contributed by atoms with E-state index in [9.17, 15) is 9.59 Å². The number of hydrogen-bond acceptors (Lipinski definition) is 3. The van der Waals surface area contributed by atoms with Gasteiger partial charge in [0.05, 0.1) is 18.6 Å². The van der Waals surface area contributed by atoms with Crippen molar-refractivity contribution in [2.24, 2.45) is 5.92 Å². The first kappa shape index (κ1) is 16.6. The Bertz CT molecular complexity index is 562. The summed E-state index contributed by atoms with van der Waals surface area (Å²) in [4.78, 5) is 26.4. The lowest BCUT2D eigenvalue weighted by Crippen LogP contribution is -2.45. The predicted molar refractivity (Wildman–Crippen MR) is 85.3 cm³/mol. The third-order valence-electron chi connectivity index (χ3n) is 3.82. The zero-order chi connectivity index (χ0) is 16.1. The molecule has 1 N–H and O–H groups in total. The van der Waals surface area contributed by atoms with E-state index in [0.29, 0.717) is 36.0 Å². The van der Waals surface area contributed by atoms with E-state index in [4.69, 9.17) is 16.3 Å². The molecule has 1 atom stereocenters. The average Bonchev–Trinajstić information content (AvgIpc) is 2.54.